The molecule has 1 saturated heterocycles. The van der Waals surface area contributed by atoms with Gasteiger partial charge in [-0.05, 0) is 68.3 Å². The number of halogens is 1. The van der Waals surface area contributed by atoms with Crippen LogP contribution in [0.25, 0.3) is 37.4 Å². The molecule has 1 fully saturated rings. The third-order valence-corrected chi connectivity index (χ3v) is 8.87. The fraction of sp³-hybridized carbons (Fsp3) is 0.188. The topological polar surface area (TPSA) is 106 Å². The summed E-state index contributed by atoms with van der Waals surface area (Å²) in [6.07, 6.45) is 4.96. The number of ketones is 1. The summed E-state index contributed by atoms with van der Waals surface area (Å²) in [7, 11) is 0. The van der Waals surface area contributed by atoms with E-state index in [-0.39, 0.29) is 17.4 Å². The van der Waals surface area contributed by atoms with E-state index < -0.39 is 11.7 Å². The summed E-state index contributed by atoms with van der Waals surface area (Å²) < 4.78 is 18.2. The van der Waals surface area contributed by atoms with Gasteiger partial charge in [0.2, 0.25) is 0 Å². The summed E-state index contributed by atoms with van der Waals surface area (Å²) in [5.74, 6) is -0.623. The van der Waals surface area contributed by atoms with Crippen molar-refractivity contribution < 1.29 is 14.0 Å². The highest BCUT2D eigenvalue weighted by Crippen LogP contribution is 2.39. The lowest BCUT2D eigenvalue weighted by Crippen LogP contribution is -2.49. The molecule has 5 heterocycles. The third kappa shape index (κ3) is 4.96. The van der Waals surface area contributed by atoms with Crippen LogP contribution in [0.4, 0.5) is 10.2 Å². The van der Waals surface area contributed by atoms with Crippen molar-refractivity contribution in [3.63, 3.8) is 0 Å². The van der Waals surface area contributed by atoms with Gasteiger partial charge in [-0.1, -0.05) is 29.5 Å². The molecule has 7 rings (SSSR count). The van der Waals surface area contributed by atoms with E-state index in [4.69, 9.17) is 0 Å². The molecular formula is C32H26FN7O2S. The molecule has 11 heteroatoms. The molecule has 0 bridgehead atoms. The van der Waals surface area contributed by atoms with Crippen molar-refractivity contribution in [2.45, 2.75) is 25.8 Å². The first-order chi connectivity index (χ1) is 21.0. The van der Waals surface area contributed by atoms with E-state index in [1.165, 1.54) is 16.8 Å². The average Bonchev–Trinajstić information content (AvgIpc) is 3.67. The molecule has 214 valence electrons. The van der Waals surface area contributed by atoms with E-state index in [9.17, 15) is 9.59 Å². The molecule has 0 unspecified atom stereocenters. The summed E-state index contributed by atoms with van der Waals surface area (Å²) >= 11 is 1.58. The molecule has 1 N–H and O–H groups in total. The van der Waals surface area contributed by atoms with Crippen molar-refractivity contribution in [3.8, 4) is 16.1 Å². The highest BCUT2D eigenvalue weighted by atomic mass is 32.1. The fourth-order valence-electron chi connectivity index (χ4n) is 5.52. The molecule has 1 amide bonds. The van der Waals surface area contributed by atoms with Crippen LogP contribution in [0.2, 0.25) is 0 Å². The first-order valence-corrected chi connectivity index (χ1v) is 14.8. The van der Waals surface area contributed by atoms with Gasteiger partial charge in [0, 0.05) is 45.5 Å². The van der Waals surface area contributed by atoms with Crippen LogP contribution in [0.5, 0.6) is 0 Å². The van der Waals surface area contributed by atoms with Gasteiger partial charge in [-0.15, -0.1) is 16.4 Å². The smallest absolute Gasteiger partial charge is 0.262 e. The van der Waals surface area contributed by atoms with Gasteiger partial charge in [0.15, 0.2) is 11.4 Å². The van der Waals surface area contributed by atoms with Gasteiger partial charge in [0.1, 0.15) is 17.2 Å². The van der Waals surface area contributed by atoms with Crippen LogP contribution >= 0.6 is 11.3 Å². The zero-order valence-electron chi connectivity index (χ0n) is 23.2. The highest BCUT2D eigenvalue weighted by molar-refractivity contribution is 7.22. The lowest BCUT2D eigenvalue weighted by Gasteiger charge is -2.34. The number of thiophene rings is 1. The summed E-state index contributed by atoms with van der Waals surface area (Å²) in [4.78, 5) is 37.6. The Balaban J connectivity index is 1.29. The Hall–Kier alpha value is -4.87. The first kappa shape index (κ1) is 27.0. The van der Waals surface area contributed by atoms with Crippen molar-refractivity contribution >= 4 is 50.1 Å². The van der Waals surface area contributed by atoms with Crippen molar-refractivity contribution in [2.75, 3.05) is 18.0 Å². The maximum absolute atomic E-state index is 15.8. The van der Waals surface area contributed by atoms with Crippen molar-refractivity contribution in [2.24, 2.45) is 0 Å². The molecule has 0 aliphatic carbocycles. The predicted octanol–water partition coefficient (Wildman–Crippen LogP) is 5.83. The summed E-state index contributed by atoms with van der Waals surface area (Å²) in [5, 5.41) is 12.4. The van der Waals surface area contributed by atoms with Gasteiger partial charge in [-0.3, -0.25) is 14.5 Å². The second-order valence-electron chi connectivity index (χ2n) is 10.5. The van der Waals surface area contributed by atoms with Crippen molar-refractivity contribution in [3.05, 3.63) is 96.1 Å². The lowest BCUT2D eigenvalue weighted by atomic mass is 10.0. The van der Waals surface area contributed by atoms with Crippen LogP contribution in [0, 0.1) is 5.82 Å². The maximum Gasteiger partial charge on any atom is 0.262 e. The van der Waals surface area contributed by atoms with Crippen LogP contribution in [0.15, 0.2) is 79.1 Å². The van der Waals surface area contributed by atoms with Crippen LogP contribution in [-0.4, -0.2) is 55.8 Å². The summed E-state index contributed by atoms with van der Waals surface area (Å²) in [6, 6.07) is 19.2. The highest BCUT2D eigenvalue weighted by Gasteiger charge is 2.32. The first-order valence-electron chi connectivity index (χ1n) is 14.0. The molecule has 0 radical (unpaired) electrons. The number of hydrogen-bond donors (Lipinski definition) is 1. The van der Waals surface area contributed by atoms with Crippen LogP contribution in [0.3, 0.4) is 0 Å². The largest absolute Gasteiger partial charge is 0.315 e. The minimum atomic E-state index is -0.667. The Labute approximate surface area is 250 Å². The quantitative estimate of drug-likeness (QED) is 0.243. The Morgan fingerprint density at radius 2 is 1.91 bits per heavy atom. The number of pyridine rings is 2. The van der Waals surface area contributed by atoms with Gasteiger partial charge < -0.3 is 5.32 Å². The number of nitrogens with one attached hydrogen (secondary N) is 1. The maximum atomic E-state index is 15.8. The molecule has 1 atom stereocenters. The van der Waals surface area contributed by atoms with Gasteiger partial charge in [0.25, 0.3) is 5.91 Å². The number of carbonyl (C=O) groups excluding carboxylic acids is 2. The zero-order chi connectivity index (χ0) is 29.5. The number of fused-ring (bicyclic) bond motifs is 2. The minimum Gasteiger partial charge on any atom is -0.315 e. The Morgan fingerprint density at radius 3 is 2.67 bits per heavy atom. The molecule has 0 saturated carbocycles. The van der Waals surface area contributed by atoms with Crippen molar-refractivity contribution in [1.82, 2.24) is 30.3 Å². The average molecular weight is 592 g/mol. The molecule has 0 spiro atoms. The van der Waals surface area contributed by atoms with Crippen LogP contribution in [-0.2, 0) is 0 Å². The minimum absolute atomic E-state index is 0.0104. The number of benzene rings is 2. The normalized spacial score (nSPS) is 15.2. The number of hydrogen-bond acceptors (Lipinski definition) is 8. The molecule has 9 nitrogen and oxygen atoms in total. The molecule has 43 heavy (non-hydrogen) atoms. The predicted molar refractivity (Wildman–Crippen MR) is 164 cm³/mol. The van der Waals surface area contributed by atoms with E-state index in [1.807, 2.05) is 36.4 Å². The SMILES string of the molecule is CC(=O)c1ccc(-c2cc3c(N(C(=O)c4ccc(-n5nnc6cccnc65)cc4F)[C@@H]4CCCNC4)nccc3s2)cc1. The Kier molecular flexibility index (Phi) is 6.96. The molecule has 6 aromatic rings. The molecule has 1 aliphatic rings. The van der Waals surface area contributed by atoms with E-state index in [2.05, 4.69) is 25.6 Å². The van der Waals surface area contributed by atoms with Gasteiger partial charge in [-0.2, -0.15) is 4.68 Å². The molecular weight excluding hydrogens is 565 g/mol. The number of rotatable bonds is 6. The number of nitrogens with zero attached hydrogens (tertiary/aromatic N) is 6. The summed E-state index contributed by atoms with van der Waals surface area (Å²) in [6.45, 7) is 2.98. The summed E-state index contributed by atoms with van der Waals surface area (Å²) in [5.41, 5.74) is 3.06. The molecule has 2 aromatic carbocycles. The Bertz CT molecular complexity index is 2000. The van der Waals surface area contributed by atoms with E-state index in [0.717, 1.165) is 39.9 Å². The molecule has 4 aromatic heterocycles. The number of Topliss-reactive ketones (excluding diaryl/α,β-unsaturated/α-hetero) is 1. The fourth-order valence-corrected chi connectivity index (χ4v) is 6.58. The lowest BCUT2D eigenvalue weighted by molar-refractivity contribution is 0.0966. The van der Waals surface area contributed by atoms with Gasteiger partial charge in [-0.25, -0.2) is 14.4 Å². The second kappa shape index (κ2) is 11.1. The third-order valence-electron chi connectivity index (χ3n) is 7.72. The van der Waals surface area contributed by atoms with Gasteiger partial charge in [0.05, 0.1) is 17.3 Å². The number of anilines is 1. The van der Waals surface area contributed by atoms with Gasteiger partial charge >= 0.3 is 0 Å². The number of carbonyl (C=O) groups is 2. The van der Waals surface area contributed by atoms with Crippen LogP contribution in [0.1, 0.15) is 40.5 Å². The van der Waals surface area contributed by atoms with E-state index in [0.29, 0.717) is 34.8 Å². The van der Waals surface area contributed by atoms with Crippen molar-refractivity contribution in [1.29, 1.82) is 0 Å². The molecule has 1 aliphatic heterocycles. The van der Waals surface area contributed by atoms with E-state index >= 15 is 4.39 Å². The van der Waals surface area contributed by atoms with Crippen LogP contribution < -0.4 is 10.2 Å². The monoisotopic (exact) mass is 591 g/mol. The number of piperidine rings is 1. The zero-order valence-corrected chi connectivity index (χ0v) is 24.0. The second-order valence-corrected chi connectivity index (χ2v) is 11.6. The Morgan fingerprint density at radius 1 is 1.05 bits per heavy atom. The number of aromatic nitrogens is 5. The number of amides is 1. The standard InChI is InChI=1S/C32H26FN7O2S/c1-19(41)20-6-8-21(9-7-20)29-17-25-28(43-29)12-15-36-30(25)39(23-4-2-13-34-18-23)32(42)24-11-10-22(16-26(24)33)40-31-27(37-38-40)5-3-14-35-31/h3,5-12,14-17,23,34H,2,4,13,18H2,1H3/t23-/m1/s1. The van der Waals surface area contributed by atoms with E-state index in [1.54, 1.807) is 53.8 Å².